The van der Waals surface area contributed by atoms with Gasteiger partial charge in [-0.3, -0.25) is 4.79 Å². The third-order valence-electron chi connectivity index (χ3n) is 2.29. The van der Waals surface area contributed by atoms with Gasteiger partial charge in [-0.15, -0.1) is 0 Å². The fraction of sp³-hybridized carbons (Fsp3) is 0.700. The van der Waals surface area contributed by atoms with E-state index < -0.39 is 18.0 Å². The first-order valence-electron chi connectivity index (χ1n) is 5.45. The van der Waals surface area contributed by atoms with Crippen molar-refractivity contribution in [2.75, 3.05) is 20.1 Å². The molecule has 0 aromatic heterocycles. The molecule has 0 aromatic carbocycles. The predicted molar refractivity (Wildman–Crippen MR) is 61.6 cm³/mol. The fourth-order valence-corrected chi connectivity index (χ4v) is 1.16. The largest absolute Gasteiger partial charge is 0.480 e. The quantitative estimate of drug-likeness (QED) is 0.594. The summed E-state index contributed by atoms with van der Waals surface area (Å²) in [5.41, 5.74) is 0. The lowest BCUT2D eigenvalue weighted by molar-refractivity contribution is -0.139. The van der Waals surface area contributed by atoms with Gasteiger partial charge >= 0.3 is 12.0 Å². The van der Waals surface area contributed by atoms with Crippen LogP contribution in [0.25, 0.3) is 0 Å². The van der Waals surface area contributed by atoms with E-state index in [1.807, 2.05) is 0 Å². The van der Waals surface area contributed by atoms with Crippen LogP contribution in [0.1, 0.15) is 20.3 Å². The molecule has 0 fully saturated rings. The molecule has 7 heteroatoms. The summed E-state index contributed by atoms with van der Waals surface area (Å²) in [5.74, 6) is -1.39. The van der Waals surface area contributed by atoms with E-state index in [-0.39, 0.29) is 12.5 Å². The SMILES string of the molecule is CC[C@H](NC(=O)N(CC)CC(=O)NC)C(=O)O. The number of carboxylic acid groups (broad SMARTS) is 1. The van der Waals surface area contributed by atoms with Gasteiger partial charge in [-0.2, -0.15) is 0 Å². The summed E-state index contributed by atoms with van der Waals surface area (Å²) in [7, 11) is 1.47. The van der Waals surface area contributed by atoms with Crippen molar-refractivity contribution in [2.24, 2.45) is 0 Å². The molecule has 98 valence electrons. The Morgan fingerprint density at radius 3 is 2.24 bits per heavy atom. The monoisotopic (exact) mass is 245 g/mol. The van der Waals surface area contributed by atoms with E-state index >= 15 is 0 Å². The fourth-order valence-electron chi connectivity index (χ4n) is 1.16. The van der Waals surface area contributed by atoms with Gasteiger partial charge in [0.2, 0.25) is 5.91 Å². The summed E-state index contributed by atoms with van der Waals surface area (Å²) in [4.78, 5) is 34.8. The van der Waals surface area contributed by atoms with Gasteiger partial charge in [-0.1, -0.05) is 6.92 Å². The Hall–Kier alpha value is -1.79. The van der Waals surface area contributed by atoms with Crippen LogP contribution < -0.4 is 10.6 Å². The van der Waals surface area contributed by atoms with Crippen molar-refractivity contribution in [1.29, 1.82) is 0 Å². The molecule has 17 heavy (non-hydrogen) atoms. The first-order chi connectivity index (χ1) is 7.96. The summed E-state index contributed by atoms with van der Waals surface area (Å²) in [5, 5.41) is 13.5. The third kappa shape index (κ3) is 5.19. The number of hydrogen-bond donors (Lipinski definition) is 3. The zero-order valence-electron chi connectivity index (χ0n) is 10.3. The number of nitrogens with zero attached hydrogens (tertiary/aromatic N) is 1. The number of carbonyl (C=O) groups is 3. The molecule has 0 saturated carbocycles. The smallest absolute Gasteiger partial charge is 0.326 e. The number of carboxylic acids is 1. The second-order valence-corrected chi connectivity index (χ2v) is 3.44. The molecule has 7 nitrogen and oxygen atoms in total. The standard InChI is InChI=1S/C10H19N3O4/c1-4-7(9(15)16)12-10(17)13(5-2)6-8(14)11-3/h7H,4-6H2,1-3H3,(H,11,14)(H,12,17)(H,15,16)/t7-/m0/s1. The van der Waals surface area contributed by atoms with Gasteiger partial charge in [0.05, 0.1) is 0 Å². The Bertz CT molecular complexity index is 293. The molecule has 0 aliphatic rings. The number of amides is 3. The summed E-state index contributed by atoms with van der Waals surface area (Å²) >= 11 is 0. The van der Waals surface area contributed by atoms with E-state index in [1.165, 1.54) is 11.9 Å². The van der Waals surface area contributed by atoms with Gasteiger partial charge in [0, 0.05) is 13.6 Å². The second-order valence-electron chi connectivity index (χ2n) is 3.44. The molecule has 0 radical (unpaired) electrons. The highest BCUT2D eigenvalue weighted by molar-refractivity contribution is 5.86. The Kier molecular flexibility index (Phi) is 6.69. The number of likely N-dealkylation sites (N-methyl/N-ethyl adjacent to an activating group) is 2. The van der Waals surface area contributed by atoms with Crippen LogP contribution in [0.3, 0.4) is 0 Å². The van der Waals surface area contributed by atoms with E-state index in [9.17, 15) is 14.4 Å². The molecule has 3 N–H and O–H groups in total. The maximum absolute atomic E-state index is 11.7. The van der Waals surface area contributed by atoms with E-state index in [2.05, 4.69) is 10.6 Å². The van der Waals surface area contributed by atoms with Crippen LogP contribution in [-0.4, -0.2) is 54.1 Å². The van der Waals surface area contributed by atoms with E-state index in [0.29, 0.717) is 13.0 Å². The van der Waals surface area contributed by atoms with Gasteiger partial charge in [-0.25, -0.2) is 9.59 Å². The second kappa shape index (κ2) is 7.48. The van der Waals surface area contributed by atoms with Crippen molar-refractivity contribution in [3.05, 3.63) is 0 Å². The van der Waals surface area contributed by atoms with Crippen molar-refractivity contribution >= 4 is 17.9 Å². The van der Waals surface area contributed by atoms with E-state index in [0.717, 1.165) is 0 Å². The van der Waals surface area contributed by atoms with Gasteiger partial charge in [0.1, 0.15) is 12.6 Å². The van der Waals surface area contributed by atoms with Crippen LogP contribution in [0.2, 0.25) is 0 Å². The Labute approximate surface area is 100 Å². The van der Waals surface area contributed by atoms with Gasteiger partial charge in [0.15, 0.2) is 0 Å². The lowest BCUT2D eigenvalue weighted by Gasteiger charge is -2.22. The van der Waals surface area contributed by atoms with Crippen molar-refractivity contribution in [3.63, 3.8) is 0 Å². The zero-order chi connectivity index (χ0) is 13.4. The van der Waals surface area contributed by atoms with Crippen LogP contribution >= 0.6 is 0 Å². The molecule has 0 heterocycles. The maximum Gasteiger partial charge on any atom is 0.326 e. The highest BCUT2D eigenvalue weighted by Crippen LogP contribution is 1.95. The molecule has 3 amide bonds. The Morgan fingerprint density at radius 2 is 1.88 bits per heavy atom. The lowest BCUT2D eigenvalue weighted by Crippen LogP contribution is -2.50. The van der Waals surface area contributed by atoms with Crippen LogP contribution in [0.15, 0.2) is 0 Å². The van der Waals surface area contributed by atoms with E-state index in [4.69, 9.17) is 5.11 Å². The minimum atomic E-state index is -1.09. The number of aliphatic carboxylic acids is 1. The van der Waals surface area contributed by atoms with Gasteiger partial charge in [0.25, 0.3) is 0 Å². The minimum Gasteiger partial charge on any atom is -0.480 e. The Morgan fingerprint density at radius 1 is 1.29 bits per heavy atom. The number of hydrogen-bond acceptors (Lipinski definition) is 3. The first kappa shape index (κ1) is 15.2. The molecule has 0 aliphatic heterocycles. The van der Waals surface area contributed by atoms with Crippen LogP contribution in [-0.2, 0) is 9.59 Å². The maximum atomic E-state index is 11.7. The van der Waals surface area contributed by atoms with E-state index in [1.54, 1.807) is 13.8 Å². The van der Waals surface area contributed by atoms with Crippen molar-refractivity contribution in [3.8, 4) is 0 Å². The Balaban J connectivity index is 4.43. The molecule has 1 atom stereocenters. The molecule has 0 saturated heterocycles. The molecule has 0 aromatic rings. The summed E-state index contributed by atoms with van der Waals surface area (Å²) < 4.78 is 0. The highest BCUT2D eigenvalue weighted by atomic mass is 16.4. The molecule has 0 bridgehead atoms. The van der Waals surface area contributed by atoms with Gasteiger partial charge < -0.3 is 20.6 Å². The van der Waals surface area contributed by atoms with Crippen molar-refractivity contribution < 1.29 is 19.5 Å². The number of urea groups is 1. The molecule has 0 rings (SSSR count). The zero-order valence-corrected chi connectivity index (χ0v) is 10.3. The minimum absolute atomic E-state index is 0.0884. The molecular weight excluding hydrogens is 226 g/mol. The summed E-state index contributed by atoms with van der Waals surface area (Å²) in [6.07, 6.45) is 0.290. The predicted octanol–water partition coefficient (Wildman–Crippen LogP) is -0.373. The lowest BCUT2D eigenvalue weighted by atomic mass is 10.2. The molecule has 0 spiro atoms. The number of nitrogens with one attached hydrogen (secondary N) is 2. The average molecular weight is 245 g/mol. The molecular formula is C10H19N3O4. The highest BCUT2D eigenvalue weighted by Gasteiger charge is 2.21. The van der Waals surface area contributed by atoms with Gasteiger partial charge in [-0.05, 0) is 13.3 Å². The average Bonchev–Trinajstić information content (AvgIpc) is 2.31. The number of carbonyl (C=O) groups excluding carboxylic acids is 2. The van der Waals surface area contributed by atoms with Crippen LogP contribution in [0.4, 0.5) is 4.79 Å². The summed E-state index contributed by atoms with van der Waals surface area (Å²) in [6, 6.07) is -1.48. The van der Waals surface area contributed by atoms with Crippen molar-refractivity contribution in [1.82, 2.24) is 15.5 Å². The van der Waals surface area contributed by atoms with Crippen LogP contribution in [0.5, 0.6) is 0 Å². The normalized spacial score (nSPS) is 11.5. The molecule has 0 unspecified atom stereocenters. The van der Waals surface area contributed by atoms with Crippen molar-refractivity contribution in [2.45, 2.75) is 26.3 Å². The van der Waals surface area contributed by atoms with Crippen LogP contribution in [0, 0.1) is 0 Å². The third-order valence-corrected chi connectivity index (χ3v) is 2.29. The number of rotatable bonds is 6. The summed E-state index contributed by atoms with van der Waals surface area (Å²) in [6.45, 7) is 3.61. The molecule has 0 aliphatic carbocycles. The topological polar surface area (TPSA) is 98.7 Å². The first-order valence-corrected chi connectivity index (χ1v) is 5.45.